The summed E-state index contributed by atoms with van der Waals surface area (Å²) >= 11 is 1.83. The molecule has 41 heavy (non-hydrogen) atoms. The van der Waals surface area contributed by atoms with E-state index < -0.39 is 0 Å². The van der Waals surface area contributed by atoms with Crippen LogP contribution in [0.1, 0.15) is 0 Å². The Bertz CT molecular complexity index is 2130. The molecule has 5 aromatic carbocycles. The highest BCUT2D eigenvalue weighted by atomic mass is 32.1. The van der Waals surface area contributed by atoms with Crippen LogP contribution in [0.2, 0.25) is 0 Å². The first-order valence-corrected chi connectivity index (χ1v) is 14.4. The zero-order valence-electron chi connectivity index (χ0n) is 22.0. The minimum absolute atomic E-state index is 0.699. The molecule has 0 fully saturated rings. The Morgan fingerprint density at radius 3 is 1.83 bits per heavy atom. The van der Waals surface area contributed by atoms with E-state index in [0.717, 1.165) is 50.2 Å². The van der Waals surface area contributed by atoms with Crippen molar-refractivity contribution in [3.05, 3.63) is 140 Å². The van der Waals surface area contributed by atoms with Crippen molar-refractivity contribution in [2.24, 2.45) is 0 Å². The van der Waals surface area contributed by atoms with E-state index >= 15 is 0 Å². The molecule has 0 atom stereocenters. The van der Waals surface area contributed by atoms with Gasteiger partial charge in [0.1, 0.15) is 0 Å². The molecule has 3 aromatic heterocycles. The van der Waals surface area contributed by atoms with Gasteiger partial charge in [-0.2, -0.15) is 0 Å². The molecule has 192 valence electrons. The van der Waals surface area contributed by atoms with Crippen molar-refractivity contribution in [1.29, 1.82) is 0 Å². The van der Waals surface area contributed by atoms with E-state index in [1.54, 1.807) is 0 Å². The molecule has 0 aliphatic heterocycles. The van der Waals surface area contributed by atoms with Gasteiger partial charge >= 0.3 is 0 Å². The van der Waals surface area contributed by atoms with Crippen molar-refractivity contribution in [3.63, 3.8) is 0 Å². The molecule has 0 saturated carbocycles. The fourth-order valence-corrected chi connectivity index (χ4v) is 6.79. The predicted molar refractivity (Wildman–Crippen MR) is 172 cm³/mol. The van der Waals surface area contributed by atoms with Crippen molar-refractivity contribution in [3.8, 4) is 45.2 Å². The summed E-state index contributed by atoms with van der Waals surface area (Å²) in [7, 11) is 0. The number of thiophene rings is 1. The quantitative estimate of drug-likeness (QED) is 0.222. The van der Waals surface area contributed by atoms with E-state index in [4.69, 9.17) is 15.0 Å². The lowest BCUT2D eigenvalue weighted by Gasteiger charge is -2.13. The van der Waals surface area contributed by atoms with Gasteiger partial charge in [0.15, 0.2) is 5.82 Å². The van der Waals surface area contributed by atoms with Gasteiger partial charge in [-0.05, 0) is 12.1 Å². The van der Waals surface area contributed by atoms with Crippen LogP contribution in [-0.2, 0) is 0 Å². The van der Waals surface area contributed by atoms with Gasteiger partial charge in [-0.15, -0.1) is 11.3 Å². The molecule has 0 N–H and O–H groups in total. The van der Waals surface area contributed by atoms with Crippen molar-refractivity contribution in [2.75, 3.05) is 0 Å². The molecule has 4 heteroatoms. The molecule has 0 radical (unpaired) electrons. The van der Waals surface area contributed by atoms with E-state index in [1.165, 1.54) is 20.2 Å². The summed E-state index contributed by atoms with van der Waals surface area (Å²) in [5.41, 5.74) is 7.83. The molecule has 0 saturated heterocycles. The minimum atomic E-state index is 0.699. The average molecular weight is 542 g/mol. The SMILES string of the molecule is c1ccc(-c2cc(-c3cccc4c3nc(-c3ccccc3)c3c5ccccc5sc43)nc(-c3ccccc3)n2)cc1. The van der Waals surface area contributed by atoms with Crippen LogP contribution in [0.25, 0.3) is 76.2 Å². The second kappa shape index (κ2) is 9.77. The first-order chi connectivity index (χ1) is 20.3. The van der Waals surface area contributed by atoms with E-state index in [2.05, 4.69) is 103 Å². The van der Waals surface area contributed by atoms with Gasteiger partial charge in [-0.25, -0.2) is 15.0 Å². The third kappa shape index (κ3) is 4.08. The number of fused-ring (bicyclic) bond motifs is 5. The van der Waals surface area contributed by atoms with Crippen molar-refractivity contribution < 1.29 is 0 Å². The van der Waals surface area contributed by atoms with Crippen LogP contribution in [0, 0.1) is 0 Å². The number of rotatable bonds is 4. The van der Waals surface area contributed by atoms with Crippen LogP contribution in [-0.4, -0.2) is 15.0 Å². The van der Waals surface area contributed by atoms with Gasteiger partial charge in [0.25, 0.3) is 0 Å². The molecule has 3 heterocycles. The van der Waals surface area contributed by atoms with Crippen LogP contribution in [0.5, 0.6) is 0 Å². The first kappa shape index (κ1) is 23.7. The number of pyridine rings is 1. The van der Waals surface area contributed by atoms with Gasteiger partial charge in [0.2, 0.25) is 0 Å². The van der Waals surface area contributed by atoms with E-state index in [-0.39, 0.29) is 0 Å². The topological polar surface area (TPSA) is 38.7 Å². The fourth-order valence-electron chi connectivity index (χ4n) is 5.56. The van der Waals surface area contributed by atoms with Crippen molar-refractivity contribution in [2.45, 2.75) is 0 Å². The number of benzene rings is 5. The lowest BCUT2D eigenvalue weighted by Crippen LogP contribution is -1.97. The number of para-hydroxylation sites is 1. The highest BCUT2D eigenvalue weighted by molar-refractivity contribution is 7.26. The maximum Gasteiger partial charge on any atom is 0.160 e. The number of aromatic nitrogens is 3. The lowest BCUT2D eigenvalue weighted by atomic mass is 9.99. The molecule has 0 aliphatic carbocycles. The van der Waals surface area contributed by atoms with Gasteiger partial charge in [0, 0.05) is 47.8 Å². The summed E-state index contributed by atoms with van der Waals surface area (Å²) in [4.78, 5) is 15.5. The molecule has 0 spiro atoms. The summed E-state index contributed by atoms with van der Waals surface area (Å²) < 4.78 is 2.51. The maximum atomic E-state index is 5.42. The molecule has 0 aliphatic rings. The molecule has 0 unspecified atom stereocenters. The monoisotopic (exact) mass is 541 g/mol. The third-order valence-corrected chi connectivity index (χ3v) is 8.69. The highest BCUT2D eigenvalue weighted by Crippen LogP contribution is 2.44. The van der Waals surface area contributed by atoms with E-state index in [1.807, 2.05) is 47.7 Å². The molecular formula is C37H23N3S. The molecular weight excluding hydrogens is 518 g/mol. The number of hydrogen-bond donors (Lipinski definition) is 0. The Morgan fingerprint density at radius 2 is 1.07 bits per heavy atom. The van der Waals surface area contributed by atoms with Gasteiger partial charge < -0.3 is 0 Å². The Balaban J connectivity index is 1.46. The summed E-state index contributed by atoms with van der Waals surface area (Å²) in [6, 6.07) is 48.2. The zero-order valence-corrected chi connectivity index (χ0v) is 22.8. The molecule has 8 aromatic rings. The van der Waals surface area contributed by atoms with Crippen LogP contribution < -0.4 is 0 Å². The standard InChI is InChI=1S/C37H23N3S/c1-4-13-24(14-5-1)30-23-31(39-37(38-30)26-17-8-3-9-18-26)27-20-12-21-29-35(27)40-34(25-15-6-2-7-16-25)33-28-19-10-11-22-32(28)41-36(29)33/h1-23H. The molecule has 0 bridgehead atoms. The number of hydrogen-bond acceptors (Lipinski definition) is 4. The highest BCUT2D eigenvalue weighted by Gasteiger charge is 2.19. The largest absolute Gasteiger partial charge is 0.246 e. The van der Waals surface area contributed by atoms with Crippen LogP contribution in [0.3, 0.4) is 0 Å². The average Bonchev–Trinajstić information content (AvgIpc) is 3.45. The summed E-state index contributed by atoms with van der Waals surface area (Å²) in [6.07, 6.45) is 0. The van der Waals surface area contributed by atoms with E-state index in [9.17, 15) is 0 Å². The summed E-state index contributed by atoms with van der Waals surface area (Å²) in [5.74, 6) is 0.699. The molecule has 0 amide bonds. The van der Waals surface area contributed by atoms with Crippen LogP contribution in [0.4, 0.5) is 0 Å². The molecule has 3 nitrogen and oxygen atoms in total. The zero-order chi connectivity index (χ0) is 27.2. The maximum absolute atomic E-state index is 5.42. The predicted octanol–water partition coefficient (Wildman–Crippen LogP) is 10.1. The smallest absolute Gasteiger partial charge is 0.160 e. The van der Waals surface area contributed by atoms with Gasteiger partial charge in [-0.1, -0.05) is 127 Å². The van der Waals surface area contributed by atoms with Crippen molar-refractivity contribution >= 4 is 42.4 Å². The van der Waals surface area contributed by atoms with Crippen LogP contribution >= 0.6 is 11.3 Å². The second-order valence-corrected chi connectivity index (χ2v) is 11.1. The van der Waals surface area contributed by atoms with Gasteiger partial charge in [0.05, 0.1) is 22.6 Å². The Hall–Kier alpha value is -5.19. The van der Waals surface area contributed by atoms with Crippen molar-refractivity contribution in [1.82, 2.24) is 15.0 Å². The fraction of sp³-hybridized carbons (Fsp3) is 0. The third-order valence-electron chi connectivity index (χ3n) is 7.49. The molecule has 8 rings (SSSR count). The first-order valence-electron chi connectivity index (χ1n) is 13.6. The van der Waals surface area contributed by atoms with Gasteiger partial charge in [-0.3, -0.25) is 0 Å². The normalized spacial score (nSPS) is 11.4. The van der Waals surface area contributed by atoms with Crippen LogP contribution in [0.15, 0.2) is 140 Å². The summed E-state index contributed by atoms with van der Waals surface area (Å²) in [5, 5.41) is 3.59. The Kier molecular flexibility index (Phi) is 5.64. The Labute approximate surface area is 241 Å². The second-order valence-electron chi connectivity index (χ2n) is 10.0. The van der Waals surface area contributed by atoms with E-state index in [0.29, 0.717) is 5.82 Å². The lowest BCUT2D eigenvalue weighted by molar-refractivity contribution is 1.18. The summed E-state index contributed by atoms with van der Waals surface area (Å²) in [6.45, 7) is 0. The number of nitrogens with zero attached hydrogens (tertiary/aromatic N) is 3. The Morgan fingerprint density at radius 1 is 0.463 bits per heavy atom. The minimum Gasteiger partial charge on any atom is -0.246 e.